The zero-order valence-corrected chi connectivity index (χ0v) is 16.2. The third-order valence-electron chi connectivity index (χ3n) is 4.92. The van der Waals surface area contributed by atoms with Crippen LogP contribution in [-0.2, 0) is 5.75 Å². The maximum atomic E-state index is 12.8. The minimum atomic E-state index is 0.0284. The van der Waals surface area contributed by atoms with E-state index in [2.05, 4.69) is 17.2 Å². The van der Waals surface area contributed by atoms with Crippen molar-refractivity contribution in [3.05, 3.63) is 53.9 Å². The van der Waals surface area contributed by atoms with Crippen molar-refractivity contribution in [1.29, 1.82) is 0 Å². The number of pyridine rings is 1. The Labute approximate surface area is 159 Å². The first kappa shape index (κ1) is 18.8. The number of carbonyl (C=O) groups is 1. The van der Waals surface area contributed by atoms with Crippen LogP contribution in [0.1, 0.15) is 48.7 Å². The summed E-state index contributed by atoms with van der Waals surface area (Å²) in [6.45, 7) is 2.29. The van der Waals surface area contributed by atoms with E-state index in [1.807, 2.05) is 36.4 Å². The number of thioether (sulfide) groups is 1. The molecule has 1 amide bonds. The standard InChI is InChI=1S/C21H26N2O2S/c1-15-9-11-16(12-10-15)23-21(24)17-6-3-4-8-20(17)26-14-18-19(25-2)7-5-13-22-18/h3-8,13,15-16H,9-12,14H2,1-2H3,(H,23,24). The Kier molecular flexibility index (Phi) is 6.56. The van der Waals surface area contributed by atoms with E-state index >= 15 is 0 Å². The molecule has 0 aliphatic heterocycles. The number of nitrogens with zero attached hydrogens (tertiary/aromatic N) is 1. The van der Waals surface area contributed by atoms with Gasteiger partial charge in [0.15, 0.2) is 0 Å². The van der Waals surface area contributed by atoms with Gasteiger partial charge in [-0.05, 0) is 55.9 Å². The highest BCUT2D eigenvalue weighted by atomic mass is 32.2. The lowest BCUT2D eigenvalue weighted by atomic mass is 9.87. The third-order valence-corrected chi connectivity index (χ3v) is 6.00. The number of carbonyl (C=O) groups excluding carboxylic acids is 1. The van der Waals surface area contributed by atoms with Gasteiger partial charge in [0.25, 0.3) is 5.91 Å². The number of benzene rings is 1. The predicted octanol–water partition coefficient (Wildman–Crippen LogP) is 4.69. The first-order chi connectivity index (χ1) is 12.7. The molecule has 1 aromatic carbocycles. The molecule has 2 aromatic rings. The maximum Gasteiger partial charge on any atom is 0.252 e. The van der Waals surface area contributed by atoms with Crippen molar-refractivity contribution in [2.45, 2.75) is 49.3 Å². The number of hydrogen-bond acceptors (Lipinski definition) is 4. The largest absolute Gasteiger partial charge is 0.495 e. The van der Waals surface area contributed by atoms with Crippen molar-refractivity contribution < 1.29 is 9.53 Å². The lowest BCUT2D eigenvalue weighted by molar-refractivity contribution is 0.0920. The van der Waals surface area contributed by atoms with Crippen LogP contribution in [0.3, 0.4) is 0 Å². The molecule has 0 spiro atoms. The van der Waals surface area contributed by atoms with Crippen molar-refractivity contribution in [2.75, 3.05) is 7.11 Å². The second-order valence-electron chi connectivity index (χ2n) is 6.87. The minimum absolute atomic E-state index is 0.0284. The van der Waals surface area contributed by atoms with Crippen LogP contribution in [0.5, 0.6) is 5.75 Å². The summed E-state index contributed by atoms with van der Waals surface area (Å²) in [7, 11) is 1.65. The molecule has 1 fully saturated rings. The minimum Gasteiger partial charge on any atom is -0.495 e. The van der Waals surface area contributed by atoms with E-state index in [9.17, 15) is 4.79 Å². The first-order valence-corrected chi connectivity index (χ1v) is 10.2. The molecule has 1 aliphatic rings. The lowest BCUT2D eigenvalue weighted by Gasteiger charge is -2.27. The van der Waals surface area contributed by atoms with Crippen molar-refractivity contribution in [2.24, 2.45) is 5.92 Å². The fourth-order valence-electron chi connectivity index (χ4n) is 3.31. The Morgan fingerprint density at radius 2 is 1.96 bits per heavy atom. The van der Waals surface area contributed by atoms with E-state index in [-0.39, 0.29) is 5.91 Å². The smallest absolute Gasteiger partial charge is 0.252 e. The summed E-state index contributed by atoms with van der Waals surface area (Å²) in [6.07, 6.45) is 6.31. The number of amides is 1. The zero-order valence-electron chi connectivity index (χ0n) is 15.4. The molecular weight excluding hydrogens is 344 g/mol. The molecule has 26 heavy (non-hydrogen) atoms. The van der Waals surface area contributed by atoms with E-state index in [0.29, 0.717) is 11.8 Å². The van der Waals surface area contributed by atoms with E-state index in [4.69, 9.17) is 4.74 Å². The summed E-state index contributed by atoms with van der Waals surface area (Å²) < 4.78 is 5.37. The molecule has 1 aliphatic carbocycles. The van der Waals surface area contributed by atoms with Gasteiger partial charge in [0.1, 0.15) is 5.75 Å². The first-order valence-electron chi connectivity index (χ1n) is 9.18. The van der Waals surface area contributed by atoms with Crippen LogP contribution in [-0.4, -0.2) is 24.0 Å². The Balaban J connectivity index is 1.66. The molecule has 138 valence electrons. The Morgan fingerprint density at radius 1 is 1.19 bits per heavy atom. The number of rotatable bonds is 6. The van der Waals surface area contributed by atoms with Gasteiger partial charge in [-0.1, -0.05) is 19.1 Å². The molecule has 0 saturated heterocycles. The van der Waals surface area contributed by atoms with Gasteiger partial charge in [0.2, 0.25) is 0 Å². The summed E-state index contributed by atoms with van der Waals surface area (Å²) in [5, 5.41) is 3.22. The second-order valence-corrected chi connectivity index (χ2v) is 7.88. The predicted molar refractivity (Wildman–Crippen MR) is 106 cm³/mol. The van der Waals surface area contributed by atoms with Crippen molar-refractivity contribution in [3.8, 4) is 5.75 Å². The lowest BCUT2D eigenvalue weighted by Crippen LogP contribution is -2.37. The number of nitrogens with one attached hydrogen (secondary N) is 1. The average molecular weight is 371 g/mol. The molecule has 5 heteroatoms. The molecular formula is C21H26N2O2S. The number of ether oxygens (including phenoxy) is 1. The summed E-state index contributed by atoms with van der Waals surface area (Å²) in [6, 6.07) is 11.9. The zero-order chi connectivity index (χ0) is 18.4. The molecule has 4 nitrogen and oxygen atoms in total. The molecule has 0 bridgehead atoms. The SMILES string of the molecule is COc1cccnc1CSc1ccccc1C(=O)NC1CCC(C)CC1. The monoisotopic (exact) mass is 370 g/mol. The summed E-state index contributed by atoms with van der Waals surface area (Å²) in [5.41, 5.74) is 1.63. The van der Waals surface area contributed by atoms with Crippen LogP contribution in [0, 0.1) is 5.92 Å². The van der Waals surface area contributed by atoms with Gasteiger partial charge in [-0.25, -0.2) is 0 Å². The van der Waals surface area contributed by atoms with Gasteiger partial charge in [-0.2, -0.15) is 0 Å². The fourth-order valence-corrected chi connectivity index (χ4v) is 4.31. The summed E-state index contributed by atoms with van der Waals surface area (Å²) in [4.78, 5) is 18.2. The molecule has 0 atom stereocenters. The summed E-state index contributed by atoms with van der Waals surface area (Å²) in [5.74, 6) is 2.24. The van der Waals surface area contributed by atoms with Crippen LogP contribution in [0.2, 0.25) is 0 Å². The highest BCUT2D eigenvalue weighted by molar-refractivity contribution is 7.98. The van der Waals surface area contributed by atoms with E-state index in [0.717, 1.165) is 40.7 Å². The Hall–Kier alpha value is -2.01. The Bertz CT molecular complexity index is 742. The van der Waals surface area contributed by atoms with Gasteiger partial charge in [-0.3, -0.25) is 9.78 Å². The highest BCUT2D eigenvalue weighted by Gasteiger charge is 2.21. The van der Waals surface area contributed by atoms with Crippen LogP contribution in [0.4, 0.5) is 0 Å². The molecule has 1 aromatic heterocycles. The quantitative estimate of drug-likeness (QED) is 0.750. The average Bonchev–Trinajstić information content (AvgIpc) is 2.68. The number of aromatic nitrogens is 1. The molecule has 0 unspecified atom stereocenters. The molecule has 1 N–H and O–H groups in total. The van der Waals surface area contributed by atoms with E-state index in [1.54, 1.807) is 25.1 Å². The van der Waals surface area contributed by atoms with Crippen LogP contribution in [0.15, 0.2) is 47.5 Å². The van der Waals surface area contributed by atoms with Crippen LogP contribution in [0.25, 0.3) is 0 Å². The van der Waals surface area contributed by atoms with Gasteiger partial charge in [0.05, 0.1) is 18.4 Å². The van der Waals surface area contributed by atoms with Gasteiger partial charge in [0, 0.05) is 22.9 Å². The van der Waals surface area contributed by atoms with Gasteiger partial charge in [-0.15, -0.1) is 11.8 Å². The van der Waals surface area contributed by atoms with Crippen LogP contribution >= 0.6 is 11.8 Å². The van der Waals surface area contributed by atoms with Gasteiger partial charge >= 0.3 is 0 Å². The maximum absolute atomic E-state index is 12.8. The fraction of sp³-hybridized carbons (Fsp3) is 0.429. The molecule has 1 saturated carbocycles. The molecule has 0 radical (unpaired) electrons. The molecule has 3 rings (SSSR count). The van der Waals surface area contributed by atoms with Crippen molar-refractivity contribution in [1.82, 2.24) is 10.3 Å². The molecule has 1 heterocycles. The normalized spacial score (nSPS) is 19.8. The van der Waals surface area contributed by atoms with Gasteiger partial charge < -0.3 is 10.1 Å². The number of hydrogen-bond donors (Lipinski definition) is 1. The second kappa shape index (κ2) is 9.08. The summed E-state index contributed by atoms with van der Waals surface area (Å²) >= 11 is 1.62. The van der Waals surface area contributed by atoms with Crippen molar-refractivity contribution >= 4 is 17.7 Å². The highest BCUT2D eigenvalue weighted by Crippen LogP contribution is 2.29. The van der Waals surface area contributed by atoms with E-state index in [1.165, 1.54) is 12.8 Å². The van der Waals surface area contributed by atoms with Crippen molar-refractivity contribution in [3.63, 3.8) is 0 Å². The number of methoxy groups -OCH3 is 1. The van der Waals surface area contributed by atoms with E-state index < -0.39 is 0 Å². The Morgan fingerprint density at radius 3 is 2.73 bits per heavy atom. The topological polar surface area (TPSA) is 51.2 Å². The van der Waals surface area contributed by atoms with Crippen LogP contribution < -0.4 is 10.1 Å². The third kappa shape index (κ3) is 4.79.